The van der Waals surface area contributed by atoms with Crippen LogP contribution in [0.25, 0.3) is 16.8 Å². The van der Waals surface area contributed by atoms with Gasteiger partial charge in [0, 0.05) is 29.7 Å². The highest BCUT2D eigenvalue weighted by molar-refractivity contribution is 5.92. The standard InChI is InChI=1S/C26H25N5O/c27-26(32)23-13-18(10-11-29-23)20-6-9-24(17-4-5-17)30(15-20)22-3-1-2-19(12-22)25-14-28-16-31(25)21-7-8-21/h1-3,6,9-17,21,24H,4-5,7-8H2,(H2,27,32). The summed E-state index contributed by atoms with van der Waals surface area (Å²) >= 11 is 0. The number of allylic oxidation sites excluding steroid dienone is 2. The Morgan fingerprint density at radius 3 is 2.72 bits per heavy atom. The van der Waals surface area contributed by atoms with Crippen molar-refractivity contribution in [3.63, 3.8) is 0 Å². The summed E-state index contributed by atoms with van der Waals surface area (Å²) in [5.41, 5.74) is 11.2. The van der Waals surface area contributed by atoms with E-state index in [2.05, 4.69) is 62.1 Å². The summed E-state index contributed by atoms with van der Waals surface area (Å²) in [5, 5.41) is 0. The molecule has 6 nitrogen and oxygen atoms in total. The van der Waals surface area contributed by atoms with Crippen LogP contribution in [0, 0.1) is 5.92 Å². The van der Waals surface area contributed by atoms with Crippen LogP contribution < -0.4 is 10.6 Å². The number of hydrogen-bond donors (Lipinski definition) is 1. The Hall–Kier alpha value is -3.67. The first-order valence-electron chi connectivity index (χ1n) is 11.2. The zero-order valence-electron chi connectivity index (χ0n) is 17.8. The van der Waals surface area contributed by atoms with Crippen molar-refractivity contribution >= 4 is 17.2 Å². The van der Waals surface area contributed by atoms with E-state index in [0.29, 0.717) is 18.0 Å². The molecule has 1 atom stereocenters. The van der Waals surface area contributed by atoms with Crippen molar-refractivity contribution in [1.29, 1.82) is 0 Å². The van der Waals surface area contributed by atoms with Crippen LogP contribution >= 0.6 is 0 Å². The Kier molecular flexibility index (Phi) is 4.45. The Morgan fingerprint density at radius 2 is 1.94 bits per heavy atom. The van der Waals surface area contributed by atoms with E-state index in [1.54, 1.807) is 12.3 Å². The third kappa shape index (κ3) is 3.51. The molecule has 0 bridgehead atoms. The van der Waals surface area contributed by atoms with Gasteiger partial charge in [0.25, 0.3) is 5.91 Å². The third-order valence-corrected chi connectivity index (χ3v) is 6.57. The maximum atomic E-state index is 11.6. The van der Waals surface area contributed by atoms with Crippen LogP contribution in [0.4, 0.5) is 5.69 Å². The zero-order valence-corrected chi connectivity index (χ0v) is 17.8. The fourth-order valence-electron chi connectivity index (χ4n) is 4.56. The molecule has 2 saturated carbocycles. The van der Waals surface area contributed by atoms with E-state index in [1.807, 2.05) is 18.6 Å². The minimum Gasteiger partial charge on any atom is -0.364 e. The number of aromatic nitrogens is 3. The van der Waals surface area contributed by atoms with E-state index in [4.69, 9.17) is 5.73 Å². The summed E-state index contributed by atoms with van der Waals surface area (Å²) < 4.78 is 2.30. The molecule has 32 heavy (non-hydrogen) atoms. The summed E-state index contributed by atoms with van der Waals surface area (Å²) in [6.45, 7) is 0. The van der Waals surface area contributed by atoms with E-state index >= 15 is 0 Å². The van der Waals surface area contributed by atoms with Gasteiger partial charge in [-0.2, -0.15) is 0 Å². The van der Waals surface area contributed by atoms with Gasteiger partial charge in [0.15, 0.2) is 0 Å². The van der Waals surface area contributed by atoms with Crippen molar-refractivity contribution in [1.82, 2.24) is 14.5 Å². The Labute approximate surface area is 187 Å². The average Bonchev–Trinajstić information content (AvgIpc) is 3.77. The number of carbonyl (C=O) groups excluding carboxylic acids is 1. The van der Waals surface area contributed by atoms with Gasteiger partial charge in [-0.3, -0.25) is 9.78 Å². The van der Waals surface area contributed by atoms with Gasteiger partial charge in [0.05, 0.1) is 24.3 Å². The van der Waals surface area contributed by atoms with Gasteiger partial charge in [-0.05, 0) is 67.0 Å². The van der Waals surface area contributed by atoms with Crippen LogP contribution in [0.2, 0.25) is 0 Å². The van der Waals surface area contributed by atoms with E-state index in [9.17, 15) is 4.79 Å². The molecule has 3 heterocycles. The number of primary amides is 1. The number of nitrogens with zero attached hydrogens (tertiary/aromatic N) is 4. The van der Waals surface area contributed by atoms with Gasteiger partial charge < -0.3 is 15.2 Å². The molecule has 0 spiro atoms. The molecule has 1 aromatic carbocycles. The number of pyridine rings is 1. The first kappa shape index (κ1) is 19.0. The summed E-state index contributed by atoms with van der Waals surface area (Å²) in [6.07, 6.45) is 17.2. The normalized spacial score (nSPS) is 20.3. The lowest BCUT2D eigenvalue weighted by Gasteiger charge is -2.33. The van der Waals surface area contributed by atoms with Crippen LogP contribution in [0.1, 0.15) is 47.8 Å². The van der Waals surface area contributed by atoms with Crippen molar-refractivity contribution in [3.05, 3.63) is 84.7 Å². The molecule has 2 aromatic heterocycles. The van der Waals surface area contributed by atoms with Gasteiger partial charge in [0.2, 0.25) is 0 Å². The molecule has 160 valence electrons. The Bertz CT molecular complexity index is 1250. The molecule has 1 unspecified atom stereocenters. The van der Waals surface area contributed by atoms with Gasteiger partial charge in [0.1, 0.15) is 5.69 Å². The fraction of sp³-hybridized carbons (Fsp3) is 0.269. The second-order valence-electron chi connectivity index (χ2n) is 8.94. The number of imidazole rings is 1. The molecule has 6 heteroatoms. The highest BCUT2D eigenvalue weighted by Gasteiger charge is 2.35. The van der Waals surface area contributed by atoms with Crippen LogP contribution in [0.15, 0.2) is 73.5 Å². The van der Waals surface area contributed by atoms with E-state index < -0.39 is 5.91 Å². The first-order chi connectivity index (χ1) is 15.7. The highest BCUT2D eigenvalue weighted by atomic mass is 16.1. The van der Waals surface area contributed by atoms with Gasteiger partial charge in [-0.25, -0.2) is 4.98 Å². The maximum Gasteiger partial charge on any atom is 0.267 e. The average molecular weight is 424 g/mol. The van der Waals surface area contributed by atoms with Gasteiger partial charge in [-0.15, -0.1) is 0 Å². The minimum absolute atomic E-state index is 0.281. The predicted octanol–water partition coefficient (Wildman–Crippen LogP) is 4.57. The summed E-state index contributed by atoms with van der Waals surface area (Å²) in [7, 11) is 0. The van der Waals surface area contributed by atoms with E-state index in [-0.39, 0.29) is 5.69 Å². The zero-order chi connectivity index (χ0) is 21.7. The highest BCUT2D eigenvalue weighted by Crippen LogP contribution is 2.42. The fourth-order valence-corrected chi connectivity index (χ4v) is 4.56. The largest absolute Gasteiger partial charge is 0.364 e. The van der Waals surface area contributed by atoms with Crippen LogP contribution in [-0.4, -0.2) is 26.5 Å². The van der Waals surface area contributed by atoms with E-state index in [0.717, 1.165) is 16.8 Å². The quantitative estimate of drug-likeness (QED) is 0.630. The lowest BCUT2D eigenvalue weighted by Crippen LogP contribution is -2.33. The Morgan fingerprint density at radius 1 is 1.06 bits per heavy atom. The van der Waals surface area contributed by atoms with Gasteiger partial charge in [-0.1, -0.05) is 24.3 Å². The molecule has 0 saturated heterocycles. The SMILES string of the molecule is NC(=O)c1cc(C2=CN(c3cccc(-c4cncn4C4CC4)c3)C(C3CC3)C=C2)ccn1. The van der Waals surface area contributed by atoms with Crippen molar-refractivity contribution in [3.8, 4) is 11.3 Å². The molecule has 2 aliphatic carbocycles. The lowest BCUT2D eigenvalue weighted by atomic mass is 9.98. The molecular formula is C26H25N5O. The molecule has 1 amide bonds. The van der Waals surface area contributed by atoms with Crippen LogP contribution in [0.5, 0.6) is 0 Å². The topological polar surface area (TPSA) is 77.0 Å². The molecule has 6 rings (SSSR count). The predicted molar refractivity (Wildman–Crippen MR) is 125 cm³/mol. The minimum atomic E-state index is -0.514. The summed E-state index contributed by atoms with van der Waals surface area (Å²) in [4.78, 5) is 22.5. The van der Waals surface area contributed by atoms with Gasteiger partial charge >= 0.3 is 0 Å². The molecular weight excluding hydrogens is 398 g/mol. The van der Waals surface area contributed by atoms with Crippen molar-refractivity contribution in [2.45, 2.75) is 37.8 Å². The van der Waals surface area contributed by atoms with E-state index in [1.165, 1.54) is 36.9 Å². The summed E-state index contributed by atoms with van der Waals surface area (Å²) in [5.74, 6) is 0.156. The molecule has 2 N–H and O–H groups in total. The molecule has 1 aliphatic heterocycles. The van der Waals surface area contributed by atoms with Crippen molar-refractivity contribution in [2.75, 3.05) is 4.90 Å². The lowest BCUT2D eigenvalue weighted by molar-refractivity contribution is 0.0995. The Balaban J connectivity index is 1.39. The number of benzene rings is 1. The molecule has 2 fully saturated rings. The maximum absolute atomic E-state index is 11.6. The third-order valence-electron chi connectivity index (χ3n) is 6.57. The number of carbonyl (C=O) groups is 1. The first-order valence-corrected chi connectivity index (χ1v) is 11.2. The van der Waals surface area contributed by atoms with Crippen LogP contribution in [-0.2, 0) is 0 Å². The molecule has 3 aliphatic rings. The monoisotopic (exact) mass is 423 g/mol. The smallest absolute Gasteiger partial charge is 0.267 e. The van der Waals surface area contributed by atoms with Crippen molar-refractivity contribution in [2.24, 2.45) is 11.7 Å². The number of hydrogen-bond acceptors (Lipinski definition) is 4. The number of rotatable bonds is 6. The second-order valence-corrected chi connectivity index (χ2v) is 8.94. The number of anilines is 1. The number of amides is 1. The second kappa shape index (κ2) is 7.48. The summed E-state index contributed by atoms with van der Waals surface area (Å²) in [6, 6.07) is 13.3. The molecule has 3 aromatic rings. The van der Waals surface area contributed by atoms with Crippen molar-refractivity contribution < 1.29 is 4.79 Å². The molecule has 0 radical (unpaired) electrons. The number of nitrogens with two attached hydrogens (primary N) is 1. The van der Waals surface area contributed by atoms with Crippen LogP contribution in [0.3, 0.4) is 0 Å².